The molecule has 0 saturated carbocycles. The number of anilines is 1. The van der Waals surface area contributed by atoms with Gasteiger partial charge in [0.15, 0.2) is 0 Å². The van der Waals surface area contributed by atoms with E-state index in [1.165, 1.54) is 18.2 Å². The quantitative estimate of drug-likeness (QED) is 0.666. The lowest BCUT2D eigenvalue weighted by Gasteiger charge is -2.13. The molecule has 0 radical (unpaired) electrons. The van der Waals surface area contributed by atoms with E-state index >= 15 is 0 Å². The van der Waals surface area contributed by atoms with E-state index < -0.39 is 26.7 Å². The minimum absolute atomic E-state index is 0.0232. The third kappa shape index (κ3) is 4.32. The van der Waals surface area contributed by atoms with Crippen LogP contribution in [-0.4, -0.2) is 8.42 Å². The largest absolute Gasteiger partial charge is 0.416 e. The van der Waals surface area contributed by atoms with Gasteiger partial charge in [-0.3, -0.25) is 4.72 Å². The highest BCUT2D eigenvalue weighted by atomic mass is 79.9. The van der Waals surface area contributed by atoms with Crippen LogP contribution in [0.1, 0.15) is 5.56 Å². The minimum Gasteiger partial charge on any atom is -0.278 e. The number of rotatable bonds is 3. The van der Waals surface area contributed by atoms with Crippen LogP contribution in [0.2, 0.25) is 10.0 Å². The van der Waals surface area contributed by atoms with Gasteiger partial charge in [-0.2, -0.15) is 13.2 Å². The Hall–Kier alpha value is -0.960. The van der Waals surface area contributed by atoms with Crippen LogP contribution in [-0.2, 0) is 16.2 Å². The Labute approximate surface area is 148 Å². The van der Waals surface area contributed by atoms with Crippen molar-refractivity contribution in [3.63, 3.8) is 0 Å². The molecule has 3 nitrogen and oxygen atoms in total. The van der Waals surface area contributed by atoms with Gasteiger partial charge in [-0.15, -0.1) is 0 Å². The molecule has 0 unspecified atom stereocenters. The second-order valence-electron chi connectivity index (χ2n) is 4.38. The Morgan fingerprint density at radius 2 is 1.74 bits per heavy atom. The second-order valence-corrected chi connectivity index (χ2v) is 7.76. The molecule has 0 saturated heterocycles. The Morgan fingerprint density at radius 3 is 2.35 bits per heavy atom. The summed E-state index contributed by atoms with van der Waals surface area (Å²) in [5, 5.41) is 0.0564. The Kier molecular flexibility index (Phi) is 5.20. The summed E-state index contributed by atoms with van der Waals surface area (Å²) < 4.78 is 65.1. The number of sulfonamides is 1. The normalized spacial score (nSPS) is 12.3. The molecule has 0 aliphatic carbocycles. The fourth-order valence-corrected chi connectivity index (χ4v) is 3.86. The summed E-state index contributed by atoms with van der Waals surface area (Å²) >= 11 is 14.5. The maximum Gasteiger partial charge on any atom is 0.416 e. The van der Waals surface area contributed by atoms with Crippen LogP contribution in [0.15, 0.2) is 45.8 Å². The van der Waals surface area contributed by atoms with Gasteiger partial charge in [-0.1, -0.05) is 45.2 Å². The van der Waals surface area contributed by atoms with Crippen LogP contribution in [0.3, 0.4) is 0 Å². The summed E-state index contributed by atoms with van der Waals surface area (Å²) in [6.45, 7) is 0. The second kappa shape index (κ2) is 6.51. The summed E-state index contributed by atoms with van der Waals surface area (Å²) in [4.78, 5) is -0.560. The van der Waals surface area contributed by atoms with Crippen molar-refractivity contribution in [3.05, 3.63) is 56.5 Å². The van der Waals surface area contributed by atoms with Crippen molar-refractivity contribution in [1.29, 1.82) is 0 Å². The third-order valence-electron chi connectivity index (χ3n) is 2.70. The van der Waals surface area contributed by atoms with E-state index in [9.17, 15) is 21.6 Å². The van der Waals surface area contributed by atoms with Gasteiger partial charge >= 0.3 is 6.18 Å². The maximum absolute atomic E-state index is 12.8. The molecule has 23 heavy (non-hydrogen) atoms. The van der Waals surface area contributed by atoms with Crippen molar-refractivity contribution in [3.8, 4) is 0 Å². The van der Waals surface area contributed by atoms with Crippen LogP contribution >= 0.6 is 39.1 Å². The van der Waals surface area contributed by atoms with E-state index in [1.54, 1.807) is 0 Å². The first-order chi connectivity index (χ1) is 10.5. The van der Waals surface area contributed by atoms with Gasteiger partial charge in [0.25, 0.3) is 10.0 Å². The van der Waals surface area contributed by atoms with Gasteiger partial charge in [0.2, 0.25) is 0 Å². The fraction of sp³-hybridized carbons (Fsp3) is 0.0769. The van der Waals surface area contributed by atoms with Crippen LogP contribution in [0.4, 0.5) is 18.9 Å². The zero-order chi connectivity index (χ0) is 17.4. The Bertz CT molecular complexity index is 857. The van der Waals surface area contributed by atoms with E-state index in [2.05, 4.69) is 20.7 Å². The topological polar surface area (TPSA) is 46.2 Å². The van der Waals surface area contributed by atoms with Gasteiger partial charge in [-0.05, 0) is 30.3 Å². The molecule has 1 N–H and O–H groups in total. The smallest absolute Gasteiger partial charge is 0.278 e. The lowest BCUT2D eigenvalue weighted by atomic mass is 10.2. The number of hydrogen-bond acceptors (Lipinski definition) is 2. The molecular weight excluding hydrogens is 442 g/mol. The van der Waals surface area contributed by atoms with Crippen molar-refractivity contribution in [2.45, 2.75) is 11.1 Å². The van der Waals surface area contributed by atoms with E-state index in [0.717, 1.165) is 12.1 Å². The zero-order valence-electron chi connectivity index (χ0n) is 11.0. The van der Waals surface area contributed by atoms with Crippen LogP contribution in [0.25, 0.3) is 0 Å². The molecule has 0 bridgehead atoms. The van der Waals surface area contributed by atoms with E-state index in [4.69, 9.17) is 23.2 Å². The predicted molar refractivity (Wildman–Crippen MR) is 86.4 cm³/mol. The molecule has 0 spiro atoms. The van der Waals surface area contributed by atoms with Crippen molar-refractivity contribution in [2.24, 2.45) is 0 Å². The fourth-order valence-electron chi connectivity index (χ4n) is 1.67. The standard InChI is InChI=1S/C13H7BrCl2F3NO2S/c14-8-4-7(13(17,18)19)5-9(6-8)23(21,22)20-11-3-1-2-10(15)12(11)16/h1-6,20H. The van der Waals surface area contributed by atoms with Gasteiger partial charge < -0.3 is 0 Å². The minimum atomic E-state index is -4.68. The molecule has 0 heterocycles. The lowest BCUT2D eigenvalue weighted by molar-refractivity contribution is -0.137. The SMILES string of the molecule is O=S(=O)(Nc1cccc(Cl)c1Cl)c1cc(Br)cc(C(F)(F)F)c1. The van der Waals surface area contributed by atoms with Crippen molar-refractivity contribution in [2.75, 3.05) is 4.72 Å². The average molecular weight is 449 g/mol. The first-order valence-corrected chi connectivity index (χ1v) is 8.88. The molecule has 0 aromatic heterocycles. The summed E-state index contributed by atoms with van der Waals surface area (Å²) in [6, 6.07) is 6.61. The van der Waals surface area contributed by atoms with E-state index in [1.807, 2.05) is 0 Å². The molecular formula is C13H7BrCl2F3NO2S. The highest BCUT2D eigenvalue weighted by Crippen LogP contribution is 2.35. The van der Waals surface area contributed by atoms with Gasteiger partial charge in [0.1, 0.15) is 0 Å². The zero-order valence-corrected chi connectivity index (χ0v) is 14.9. The number of halogens is 6. The van der Waals surface area contributed by atoms with Gasteiger partial charge in [0.05, 0.1) is 26.2 Å². The third-order valence-corrected chi connectivity index (χ3v) is 5.33. The summed E-state index contributed by atoms with van der Waals surface area (Å²) in [5.74, 6) is 0. The molecule has 0 atom stereocenters. The van der Waals surface area contributed by atoms with E-state index in [0.29, 0.717) is 6.07 Å². The summed E-state index contributed by atoms with van der Waals surface area (Å²) in [6.07, 6.45) is -4.68. The van der Waals surface area contributed by atoms with Gasteiger partial charge in [0, 0.05) is 4.47 Å². The lowest BCUT2D eigenvalue weighted by Crippen LogP contribution is -2.15. The maximum atomic E-state index is 12.8. The van der Waals surface area contributed by atoms with Crippen molar-refractivity contribution in [1.82, 2.24) is 0 Å². The van der Waals surface area contributed by atoms with Crippen molar-refractivity contribution >= 4 is 54.8 Å². The Balaban J connectivity index is 2.48. The first kappa shape index (κ1) is 18.4. The molecule has 2 aromatic carbocycles. The van der Waals surface area contributed by atoms with Crippen molar-refractivity contribution < 1.29 is 21.6 Å². The molecule has 2 aromatic rings. The van der Waals surface area contributed by atoms with Crippen LogP contribution in [0.5, 0.6) is 0 Å². The average Bonchev–Trinajstić information content (AvgIpc) is 2.42. The number of nitrogens with one attached hydrogen (secondary N) is 1. The molecule has 0 amide bonds. The van der Waals surface area contributed by atoms with Crippen LogP contribution < -0.4 is 4.72 Å². The highest BCUT2D eigenvalue weighted by molar-refractivity contribution is 9.10. The molecule has 10 heteroatoms. The Morgan fingerprint density at radius 1 is 1.09 bits per heavy atom. The number of benzene rings is 2. The number of alkyl halides is 3. The molecule has 2 rings (SSSR count). The first-order valence-electron chi connectivity index (χ1n) is 5.85. The monoisotopic (exact) mass is 447 g/mol. The molecule has 124 valence electrons. The predicted octanol–water partition coefficient (Wildman–Crippen LogP) is 5.58. The summed E-state index contributed by atoms with van der Waals surface area (Å²) in [5.41, 5.74) is -1.13. The molecule has 0 aliphatic heterocycles. The highest BCUT2D eigenvalue weighted by Gasteiger charge is 2.32. The van der Waals surface area contributed by atoms with E-state index in [-0.39, 0.29) is 20.2 Å². The molecule has 0 aliphatic rings. The van der Waals surface area contributed by atoms with Gasteiger partial charge in [-0.25, -0.2) is 8.42 Å². The van der Waals surface area contributed by atoms with Crippen LogP contribution in [0, 0.1) is 0 Å². The molecule has 0 fully saturated rings. The number of hydrogen-bond donors (Lipinski definition) is 1. The summed E-state index contributed by atoms with van der Waals surface area (Å²) in [7, 11) is -4.28.